The van der Waals surface area contributed by atoms with E-state index < -0.39 is 7.26 Å². The highest BCUT2D eigenvalue weighted by Gasteiger charge is 2.45. The number of rotatable bonds is 7. The van der Waals surface area contributed by atoms with E-state index in [1.807, 2.05) is 32.1 Å². The highest BCUT2D eigenvalue weighted by molar-refractivity contribution is 7.95. The first-order chi connectivity index (χ1) is 16.1. The standard InChI is InChI=1S/C30H28NOP/c1-3-24(2)30(32)31-29-22-14-13-15-25(29)23-33(26-16-7-4-8-17-26,27-18-9-5-10-19-27)28-20-11-6-12-21-28/h3-22H,23H2,1-2H3/p+1/b24-3-. The molecule has 4 rings (SSSR count). The van der Waals surface area contributed by atoms with Crippen LogP contribution in [0.4, 0.5) is 5.69 Å². The van der Waals surface area contributed by atoms with Crippen LogP contribution in [0.1, 0.15) is 19.4 Å². The minimum atomic E-state index is -2.04. The third-order valence-corrected chi connectivity index (χ3v) is 10.4. The lowest BCUT2D eigenvalue weighted by atomic mass is 10.2. The molecule has 0 aliphatic carbocycles. The fourth-order valence-electron chi connectivity index (χ4n) is 4.16. The lowest BCUT2D eigenvalue weighted by Crippen LogP contribution is -2.32. The molecule has 4 aromatic carbocycles. The van der Waals surface area contributed by atoms with Crippen molar-refractivity contribution in [2.24, 2.45) is 0 Å². The van der Waals surface area contributed by atoms with Crippen LogP contribution in [0.5, 0.6) is 0 Å². The number of anilines is 1. The van der Waals surface area contributed by atoms with Gasteiger partial charge in [-0.25, -0.2) is 0 Å². The average molecular weight is 451 g/mol. The Morgan fingerprint density at radius 1 is 0.697 bits per heavy atom. The predicted molar refractivity (Wildman–Crippen MR) is 143 cm³/mol. The van der Waals surface area contributed by atoms with E-state index in [-0.39, 0.29) is 5.91 Å². The van der Waals surface area contributed by atoms with Gasteiger partial charge in [-0.2, -0.15) is 0 Å². The number of hydrogen-bond donors (Lipinski definition) is 1. The molecule has 0 aliphatic heterocycles. The molecule has 0 bridgehead atoms. The molecule has 0 saturated carbocycles. The second-order valence-electron chi connectivity index (χ2n) is 8.06. The van der Waals surface area contributed by atoms with Crippen LogP contribution >= 0.6 is 7.26 Å². The van der Waals surface area contributed by atoms with E-state index in [0.29, 0.717) is 5.57 Å². The first-order valence-corrected chi connectivity index (χ1v) is 13.2. The first kappa shape index (κ1) is 22.7. The number of carbonyl (C=O) groups excluding carboxylic acids is 1. The molecule has 0 saturated heterocycles. The summed E-state index contributed by atoms with van der Waals surface area (Å²) < 4.78 is 0. The summed E-state index contributed by atoms with van der Waals surface area (Å²) in [6, 6.07) is 40.6. The Labute approximate surface area is 197 Å². The van der Waals surface area contributed by atoms with Gasteiger partial charge in [0.25, 0.3) is 5.91 Å². The summed E-state index contributed by atoms with van der Waals surface area (Å²) in [5.41, 5.74) is 2.72. The van der Waals surface area contributed by atoms with Gasteiger partial charge < -0.3 is 5.32 Å². The molecule has 0 spiro atoms. The Morgan fingerprint density at radius 2 is 1.12 bits per heavy atom. The topological polar surface area (TPSA) is 29.1 Å². The molecular weight excluding hydrogens is 421 g/mol. The van der Waals surface area contributed by atoms with Crippen molar-refractivity contribution < 1.29 is 4.79 Å². The number of amides is 1. The SMILES string of the molecule is C/C=C(/C)C(=O)Nc1ccccc1C[P+](c1ccccc1)(c1ccccc1)c1ccccc1. The van der Waals surface area contributed by atoms with Crippen molar-refractivity contribution in [2.45, 2.75) is 20.0 Å². The monoisotopic (exact) mass is 450 g/mol. The van der Waals surface area contributed by atoms with Crippen LogP contribution in [0.15, 0.2) is 127 Å². The van der Waals surface area contributed by atoms with Crippen molar-refractivity contribution >= 4 is 34.8 Å². The van der Waals surface area contributed by atoms with Gasteiger partial charge in [0, 0.05) is 16.8 Å². The van der Waals surface area contributed by atoms with Gasteiger partial charge in [0.05, 0.1) is 0 Å². The number of allylic oxidation sites excluding steroid dienone is 1. The van der Waals surface area contributed by atoms with Crippen LogP contribution < -0.4 is 21.2 Å². The zero-order chi connectivity index (χ0) is 23.1. The lowest BCUT2D eigenvalue weighted by molar-refractivity contribution is -0.112. The maximum absolute atomic E-state index is 12.7. The summed E-state index contributed by atoms with van der Waals surface area (Å²) in [6.07, 6.45) is 2.66. The van der Waals surface area contributed by atoms with E-state index in [9.17, 15) is 4.79 Å². The molecule has 1 amide bonds. The Hall–Kier alpha value is -3.48. The van der Waals surface area contributed by atoms with E-state index >= 15 is 0 Å². The molecule has 0 aliphatic rings. The third-order valence-electron chi connectivity index (χ3n) is 6.06. The fourth-order valence-corrected chi connectivity index (χ4v) is 8.43. The van der Waals surface area contributed by atoms with Crippen molar-refractivity contribution in [1.82, 2.24) is 0 Å². The smallest absolute Gasteiger partial charge is 0.250 e. The normalized spacial score (nSPS) is 11.8. The summed E-state index contributed by atoms with van der Waals surface area (Å²) in [5, 5.41) is 7.13. The molecule has 0 atom stereocenters. The van der Waals surface area contributed by atoms with E-state index in [2.05, 4.69) is 108 Å². The molecule has 4 aromatic rings. The van der Waals surface area contributed by atoms with Gasteiger partial charge in [-0.1, -0.05) is 78.9 Å². The summed E-state index contributed by atoms with van der Waals surface area (Å²) >= 11 is 0. The van der Waals surface area contributed by atoms with Crippen LogP contribution in [0.25, 0.3) is 0 Å². The molecule has 2 nitrogen and oxygen atoms in total. The van der Waals surface area contributed by atoms with E-state index in [0.717, 1.165) is 17.4 Å². The molecule has 0 aromatic heterocycles. The lowest BCUT2D eigenvalue weighted by Gasteiger charge is -2.28. The van der Waals surface area contributed by atoms with Crippen molar-refractivity contribution in [3.63, 3.8) is 0 Å². The summed E-state index contributed by atoms with van der Waals surface area (Å²) in [6.45, 7) is 3.73. The highest BCUT2D eigenvalue weighted by atomic mass is 31.2. The summed E-state index contributed by atoms with van der Waals surface area (Å²) in [5.74, 6) is -0.0620. The van der Waals surface area contributed by atoms with Crippen LogP contribution in [0.3, 0.4) is 0 Å². The number of para-hydroxylation sites is 1. The third kappa shape index (κ3) is 4.82. The van der Waals surface area contributed by atoms with Crippen molar-refractivity contribution in [3.8, 4) is 0 Å². The van der Waals surface area contributed by atoms with Gasteiger partial charge in [-0.05, 0) is 56.3 Å². The largest absolute Gasteiger partial charge is 0.322 e. The molecule has 0 fully saturated rings. The molecule has 0 radical (unpaired) electrons. The van der Waals surface area contributed by atoms with E-state index in [1.54, 1.807) is 0 Å². The van der Waals surface area contributed by atoms with Crippen molar-refractivity contribution in [2.75, 3.05) is 5.32 Å². The summed E-state index contributed by atoms with van der Waals surface area (Å²) in [4.78, 5) is 12.7. The predicted octanol–water partition coefficient (Wildman–Crippen LogP) is 6.09. The maximum Gasteiger partial charge on any atom is 0.250 e. The molecule has 164 valence electrons. The van der Waals surface area contributed by atoms with E-state index in [1.165, 1.54) is 15.9 Å². The van der Waals surface area contributed by atoms with Crippen LogP contribution in [0, 0.1) is 0 Å². The Kier molecular flexibility index (Phi) is 7.17. The Bertz CT molecular complexity index is 1140. The molecule has 1 N–H and O–H groups in total. The van der Waals surface area contributed by atoms with E-state index in [4.69, 9.17) is 0 Å². The Morgan fingerprint density at radius 3 is 1.58 bits per heavy atom. The number of hydrogen-bond acceptors (Lipinski definition) is 1. The zero-order valence-electron chi connectivity index (χ0n) is 19.1. The number of benzene rings is 4. The van der Waals surface area contributed by atoms with Gasteiger partial charge in [0.1, 0.15) is 29.3 Å². The average Bonchev–Trinajstić information content (AvgIpc) is 2.89. The molecule has 3 heteroatoms. The van der Waals surface area contributed by atoms with Crippen LogP contribution in [-0.4, -0.2) is 5.91 Å². The van der Waals surface area contributed by atoms with Gasteiger partial charge >= 0.3 is 0 Å². The van der Waals surface area contributed by atoms with Gasteiger partial charge in [0.2, 0.25) is 0 Å². The van der Waals surface area contributed by atoms with Crippen molar-refractivity contribution in [3.05, 3.63) is 132 Å². The molecule has 0 heterocycles. The zero-order valence-corrected chi connectivity index (χ0v) is 20.0. The number of carbonyl (C=O) groups is 1. The second-order valence-corrected chi connectivity index (χ2v) is 11.5. The van der Waals surface area contributed by atoms with Crippen LogP contribution in [0.2, 0.25) is 0 Å². The molecule has 33 heavy (non-hydrogen) atoms. The van der Waals surface area contributed by atoms with Gasteiger partial charge in [-0.3, -0.25) is 4.79 Å². The number of nitrogens with one attached hydrogen (secondary N) is 1. The molecule has 0 unspecified atom stereocenters. The van der Waals surface area contributed by atoms with Crippen LogP contribution in [-0.2, 0) is 11.0 Å². The molecular formula is C30H29NOP+. The minimum Gasteiger partial charge on any atom is -0.322 e. The fraction of sp³-hybridized carbons (Fsp3) is 0.100. The highest BCUT2D eigenvalue weighted by Crippen LogP contribution is 2.58. The second kappa shape index (κ2) is 10.4. The first-order valence-electron chi connectivity index (χ1n) is 11.2. The maximum atomic E-state index is 12.7. The minimum absolute atomic E-state index is 0.0620. The quantitative estimate of drug-likeness (QED) is 0.268. The summed E-state index contributed by atoms with van der Waals surface area (Å²) in [7, 11) is -2.04. The Balaban J connectivity index is 1.92. The van der Waals surface area contributed by atoms with Gasteiger partial charge in [-0.15, -0.1) is 0 Å². The van der Waals surface area contributed by atoms with Gasteiger partial charge in [0.15, 0.2) is 0 Å². The van der Waals surface area contributed by atoms with Crippen molar-refractivity contribution in [1.29, 1.82) is 0 Å².